The number of nitrogens with zero attached hydrogens (tertiary/aromatic N) is 7. The summed E-state index contributed by atoms with van der Waals surface area (Å²) < 4.78 is 23.4. The molecule has 2 saturated heterocycles. The fourth-order valence-electron chi connectivity index (χ4n) is 8.83. The third-order valence-corrected chi connectivity index (χ3v) is 17.8. The van der Waals surface area contributed by atoms with Crippen LogP contribution in [0.25, 0.3) is 16.9 Å². The average molecular weight is 816 g/mol. The number of piperazine rings is 1. The Morgan fingerprint density at radius 2 is 1.57 bits per heavy atom. The molecule has 1 amide bonds. The highest BCUT2D eigenvalue weighted by atomic mass is 32.1. The highest BCUT2D eigenvalue weighted by molar-refractivity contribution is 7.14. The molecule has 2 fully saturated rings. The van der Waals surface area contributed by atoms with E-state index in [0.29, 0.717) is 19.7 Å². The van der Waals surface area contributed by atoms with Gasteiger partial charge < -0.3 is 19.1 Å². The smallest absolute Gasteiger partial charge is 0.261 e. The molecule has 12 heteroatoms. The molecule has 8 rings (SSSR count). The number of benzene rings is 3. The van der Waals surface area contributed by atoms with E-state index in [0.717, 1.165) is 84.7 Å². The summed E-state index contributed by atoms with van der Waals surface area (Å²) in [4.78, 5) is 32.7. The number of carbonyl (C=O) groups is 1. The number of fused-ring (bicyclic) bond motifs is 1. The molecule has 0 unspecified atom stereocenters. The first-order valence-electron chi connectivity index (χ1n) is 20.5. The summed E-state index contributed by atoms with van der Waals surface area (Å²) in [6, 6.07) is 32.3. The molecule has 1 atom stereocenters. The summed E-state index contributed by atoms with van der Waals surface area (Å²) in [5, 5.41) is 5.18. The Morgan fingerprint density at radius 1 is 0.897 bits per heavy atom. The number of likely N-dealkylation sites (tertiary alicyclic amines) is 1. The van der Waals surface area contributed by atoms with Gasteiger partial charge in [-0.2, -0.15) is 0 Å². The lowest BCUT2D eigenvalue weighted by Crippen LogP contribution is -2.68. The predicted molar refractivity (Wildman–Crippen MR) is 237 cm³/mol. The Labute approximate surface area is 346 Å². The van der Waals surface area contributed by atoms with Gasteiger partial charge in [-0.25, -0.2) is 14.4 Å². The minimum atomic E-state index is -2.82. The zero-order chi connectivity index (χ0) is 40.4. The van der Waals surface area contributed by atoms with E-state index in [9.17, 15) is 9.18 Å². The molecular formula is C46H54FN7O2SSi. The van der Waals surface area contributed by atoms with Crippen LogP contribution < -0.4 is 20.2 Å². The van der Waals surface area contributed by atoms with Crippen molar-refractivity contribution in [2.24, 2.45) is 0 Å². The van der Waals surface area contributed by atoms with Crippen molar-refractivity contribution in [3.63, 3.8) is 0 Å². The van der Waals surface area contributed by atoms with Crippen molar-refractivity contribution in [3.05, 3.63) is 120 Å². The standard InChI is InChI=1S/C46H54FN7O2SSi/c1-6-40-44(50(5)45-49-41(33-57-45)34-19-21-35(47)22-20-34)54-30-36(23-24-42(54)48-40)52-27-28-53(31-43(55)51-25-13-14-26-51)37(29-52)32-56-58(46(2,3)4,38-15-9-7-10-16-38)39-17-11-8-12-18-39/h7-12,15-24,30,33,37H,6,13-14,25-29,31-32H2,1-5H3/t37-/m0/s1. The number of carbonyl (C=O) groups excluding carboxylic acids is 1. The molecule has 3 aromatic carbocycles. The van der Waals surface area contributed by atoms with Crippen molar-refractivity contribution in [1.82, 2.24) is 24.2 Å². The van der Waals surface area contributed by atoms with Crippen LogP contribution in [0.2, 0.25) is 5.04 Å². The first-order chi connectivity index (χ1) is 28.1. The number of pyridine rings is 1. The van der Waals surface area contributed by atoms with Crippen LogP contribution in [-0.2, 0) is 15.6 Å². The Hall–Kier alpha value is -4.88. The number of anilines is 3. The molecule has 2 aliphatic heterocycles. The van der Waals surface area contributed by atoms with E-state index in [1.807, 2.05) is 17.3 Å². The molecule has 58 heavy (non-hydrogen) atoms. The molecule has 0 radical (unpaired) electrons. The second-order valence-corrected chi connectivity index (χ2v) is 21.7. The number of aryl methyl sites for hydroxylation is 1. The predicted octanol–water partition coefficient (Wildman–Crippen LogP) is 7.62. The molecule has 0 saturated carbocycles. The molecular weight excluding hydrogens is 762 g/mol. The van der Waals surface area contributed by atoms with Gasteiger partial charge in [-0.15, -0.1) is 11.3 Å². The number of imidazole rings is 1. The van der Waals surface area contributed by atoms with Crippen molar-refractivity contribution < 1.29 is 13.6 Å². The second kappa shape index (κ2) is 16.8. The van der Waals surface area contributed by atoms with Crippen molar-refractivity contribution in [1.29, 1.82) is 0 Å². The molecule has 0 aliphatic carbocycles. The molecule has 5 heterocycles. The lowest BCUT2D eigenvalue weighted by atomic mass is 10.1. The minimum absolute atomic E-state index is 0.0195. The Bertz CT molecular complexity index is 2280. The first kappa shape index (κ1) is 39.9. The summed E-state index contributed by atoms with van der Waals surface area (Å²) in [6.45, 7) is 13.9. The van der Waals surface area contributed by atoms with Crippen LogP contribution in [0.5, 0.6) is 0 Å². The molecule has 6 aromatic rings. The molecule has 0 bridgehead atoms. The summed E-state index contributed by atoms with van der Waals surface area (Å²) in [5.74, 6) is 0.923. The Morgan fingerprint density at radius 3 is 2.21 bits per heavy atom. The van der Waals surface area contributed by atoms with E-state index in [4.69, 9.17) is 14.4 Å². The third-order valence-electron chi connectivity index (χ3n) is 11.9. The summed E-state index contributed by atoms with van der Waals surface area (Å²) in [7, 11) is -0.784. The third kappa shape index (κ3) is 7.82. The first-order valence-corrected chi connectivity index (χ1v) is 23.3. The number of thiazole rings is 1. The van der Waals surface area contributed by atoms with Gasteiger partial charge in [0.05, 0.1) is 30.2 Å². The maximum absolute atomic E-state index is 13.7. The van der Waals surface area contributed by atoms with Crippen LogP contribution >= 0.6 is 11.3 Å². The number of hydrogen-bond donors (Lipinski definition) is 0. The van der Waals surface area contributed by atoms with Gasteiger partial charge in [-0.3, -0.25) is 14.1 Å². The maximum atomic E-state index is 13.7. The van der Waals surface area contributed by atoms with Crippen LogP contribution in [0.15, 0.2) is 109 Å². The average Bonchev–Trinajstić information content (AvgIpc) is 4.03. The highest BCUT2D eigenvalue weighted by Gasteiger charge is 2.51. The number of halogens is 1. The van der Waals surface area contributed by atoms with Crippen LogP contribution in [0.3, 0.4) is 0 Å². The van der Waals surface area contributed by atoms with Gasteiger partial charge in [0.1, 0.15) is 17.3 Å². The van der Waals surface area contributed by atoms with E-state index < -0.39 is 8.32 Å². The van der Waals surface area contributed by atoms with Gasteiger partial charge in [0.25, 0.3) is 8.32 Å². The normalized spacial score (nSPS) is 16.7. The monoisotopic (exact) mass is 815 g/mol. The summed E-state index contributed by atoms with van der Waals surface area (Å²) >= 11 is 1.56. The number of hydrogen-bond acceptors (Lipinski definition) is 8. The fourth-order valence-corrected chi connectivity index (χ4v) is 14.2. The largest absolute Gasteiger partial charge is 0.406 e. The van der Waals surface area contributed by atoms with Gasteiger partial charge >= 0.3 is 0 Å². The van der Waals surface area contributed by atoms with E-state index >= 15 is 0 Å². The summed E-state index contributed by atoms with van der Waals surface area (Å²) in [6.07, 6.45) is 5.11. The SMILES string of the molecule is CCc1nc2ccc(N3CCN(CC(=O)N4CCCC4)[C@H](CO[Si](c4ccccc4)(c4ccccc4)C(C)(C)C)C3)cn2c1N(C)c1nc(-c2ccc(F)cc2)cs1. The zero-order valence-electron chi connectivity index (χ0n) is 34.3. The molecule has 3 aromatic heterocycles. The minimum Gasteiger partial charge on any atom is -0.406 e. The van der Waals surface area contributed by atoms with E-state index in [2.05, 4.69) is 126 Å². The van der Waals surface area contributed by atoms with Crippen LogP contribution in [0.1, 0.15) is 46.2 Å². The van der Waals surface area contributed by atoms with Gasteiger partial charge in [-0.05, 0) is 71.1 Å². The molecule has 302 valence electrons. The van der Waals surface area contributed by atoms with Gasteiger partial charge in [0.2, 0.25) is 5.91 Å². The molecule has 2 aliphatic rings. The fraction of sp³-hybridized carbons (Fsp3) is 0.370. The van der Waals surface area contributed by atoms with E-state index in [1.165, 1.54) is 22.5 Å². The molecule has 0 spiro atoms. The second-order valence-electron chi connectivity index (χ2n) is 16.6. The van der Waals surface area contributed by atoms with E-state index in [-0.39, 0.29) is 22.8 Å². The lowest BCUT2D eigenvalue weighted by Gasteiger charge is -2.47. The van der Waals surface area contributed by atoms with Crippen LogP contribution in [0.4, 0.5) is 21.0 Å². The van der Waals surface area contributed by atoms with Crippen LogP contribution in [0, 0.1) is 5.82 Å². The van der Waals surface area contributed by atoms with Crippen molar-refractivity contribution in [2.45, 2.75) is 58.0 Å². The Balaban J connectivity index is 1.12. The van der Waals surface area contributed by atoms with Crippen molar-refractivity contribution in [3.8, 4) is 11.3 Å². The zero-order valence-corrected chi connectivity index (χ0v) is 36.1. The lowest BCUT2D eigenvalue weighted by molar-refractivity contribution is -0.132. The topological polar surface area (TPSA) is 69.5 Å². The highest BCUT2D eigenvalue weighted by Crippen LogP contribution is 2.38. The van der Waals surface area contributed by atoms with Gasteiger partial charge in [0.15, 0.2) is 5.13 Å². The summed E-state index contributed by atoms with van der Waals surface area (Å²) in [5.41, 5.74) is 4.64. The number of rotatable bonds is 12. The maximum Gasteiger partial charge on any atom is 0.261 e. The molecule has 9 nitrogen and oxygen atoms in total. The van der Waals surface area contributed by atoms with Gasteiger partial charge in [0, 0.05) is 63.0 Å². The van der Waals surface area contributed by atoms with Gasteiger partial charge in [-0.1, -0.05) is 88.4 Å². The Kier molecular flexibility index (Phi) is 11.5. The number of aromatic nitrogens is 3. The van der Waals surface area contributed by atoms with Crippen molar-refractivity contribution in [2.75, 3.05) is 62.7 Å². The number of amides is 1. The molecule has 0 N–H and O–H groups in total. The van der Waals surface area contributed by atoms with Crippen molar-refractivity contribution >= 4 is 58.2 Å². The van der Waals surface area contributed by atoms with E-state index in [1.54, 1.807) is 23.5 Å². The quantitative estimate of drug-likeness (QED) is 0.118. The van der Waals surface area contributed by atoms with Crippen LogP contribution in [-0.4, -0.2) is 97.4 Å².